The quantitative estimate of drug-likeness (QED) is 0.746. The highest BCUT2D eigenvalue weighted by molar-refractivity contribution is 5.46. The predicted octanol–water partition coefficient (Wildman–Crippen LogP) is 3.89. The lowest BCUT2D eigenvalue weighted by Gasteiger charge is -2.09. The van der Waals surface area contributed by atoms with E-state index in [0.717, 1.165) is 24.4 Å². The highest BCUT2D eigenvalue weighted by atomic mass is 16.5. The Morgan fingerprint density at radius 2 is 1.52 bits per heavy atom. The molecule has 0 fully saturated rings. The first kappa shape index (κ1) is 15.4. The summed E-state index contributed by atoms with van der Waals surface area (Å²) in [7, 11) is 1.67. The summed E-state index contributed by atoms with van der Waals surface area (Å²) < 4.78 is 10.5. The van der Waals surface area contributed by atoms with Crippen molar-refractivity contribution in [3.63, 3.8) is 0 Å². The zero-order valence-electron chi connectivity index (χ0n) is 12.8. The summed E-state index contributed by atoms with van der Waals surface area (Å²) in [4.78, 5) is 0. The summed E-state index contributed by atoms with van der Waals surface area (Å²) in [5, 5.41) is 3.41. The normalized spacial score (nSPS) is 10.4. The molecule has 3 heteroatoms. The molecule has 0 unspecified atom stereocenters. The number of hydrogen-bond donors (Lipinski definition) is 1. The maximum Gasteiger partial charge on any atom is 0.119 e. The van der Waals surface area contributed by atoms with Crippen molar-refractivity contribution < 1.29 is 9.47 Å². The second kappa shape index (κ2) is 8.32. The molecule has 2 aromatic rings. The Hall–Kier alpha value is -2.00. The lowest BCUT2D eigenvalue weighted by atomic mass is 10.1. The van der Waals surface area contributed by atoms with Crippen LogP contribution in [-0.4, -0.2) is 20.3 Å². The van der Waals surface area contributed by atoms with Gasteiger partial charge in [-0.1, -0.05) is 31.2 Å². The van der Waals surface area contributed by atoms with E-state index in [9.17, 15) is 0 Å². The maximum absolute atomic E-state index is 5.54. The lowest BCUT2D eigenvalue weighted by Crippen LogP contribution is -2.04. The first-order chi connectivity index (χ1) is 10.3. The van der Waals surface area contributed by atoms with Gasteiger partial charge in [0.05, 0.1) is 6.61 Å². The lowest BCUT2D eigenvalue weighted by molar-refractivity contribution is 0.146. The molecule has 0 saturated carbocycles. The Morgan fingerprint density at radius 1 is 0.857 bits per heavy atom. The zero-order valence-corrected chi connectivity index (χ0v) is 12.8. The molecule has 1 N–H and O–H groups in total. The van der Waals surface area contributed by atoms with E-state index in [1.807, 2.05) is 24.3 Å². The summed E-state index contributed by atoms with van der Waals surface area (Å²) in [6.07, 6.45) is 1.08. The van der Waals surface area contributed by atoms with E-state index in [2.05, 4.69) is 36.5 Å². The summed E-state index contributed by atoms with van der Waals surface area (Å²) in [6.45, 7) is 4.18. The van der Waals surface area contributed by atoms with Gasteiger partial charge in [-0.05, 0) is 41.8 Å². The molecule has 0 aliphatic heterocycles. The van der Waals surface area contributed by atoms with Crippen molar-refractivity contribution in [3.8, 4) is 5.75 Å². The molecule has 0 spiro atoms. The van der Waals surface area contributed by atoms with Gasteiger partial charge in [-0.3, -0.25) is 0 Å². The van der Waals surface area contributed by atoms with E-state index in [-0.39, 0.29) is 0 Å². The third-order valence-electron chi connectivity index (χ3n) is 3.34. The van der Waals surface area contributed by atoms with Gasteiger partial charge >= 0.3 is 0 Å². The Morgan fingerprint density at radius 3 is 2.14 bits per heavy atom. The molecule has 0 amide bonds. The summed E-state index contributed by atoms with van der Waals surface area (Å²) in [5.74, 6) is 0.866. The van der Waals surface area contributed by atoms with Crippen LogP contribution in [0.15, 0.2) is 48.5 Å². The number of anilines is 1. The summed E-state index contributed by atoms with van der Waals surface area (Å²) >= 11 is 0. The van der Waals surface area contributed by atoms with Gasteiger partial charge in [0.25, 0.3) is 0 Å². The minimum Gasteiger partial charge on any atom is -0.491 e. The van der Waals surface area contributed by atoms with E-state index < -0.39 is 0 Å². The van der Waals surface area contributed by atoms with Gasteiger partial charge in [-0.15, -0.1) is 0 Å². The van der Waals surface area contributed by atoms with Crippen LogP contribution in [0.5, 0.6) is 5.75 Å². The fraction of sp³-hybridized carbons (Fsp3) is 0.333. The number of aryl methyl sites for hydroxylation is 1. The van der Waals surface area contributed by atoms with Crippen LogP contribution in [0.25, 0.3) is 0 Å². The average Bonchev–Trinajstić information content (AvgIpc) is 2.55. The van der Waals surface area contributed by atoms with Crippen LogP contribution in [0.2, 0.25) is 0 Å². The molecule has 0 atom stereocenters. The van der Waals surface area contributed by atoms with E-state index in [1.54, 1.807) is 7.11 Å². The minimum atomic E-state index is 0.576. The topological polar surface area (TPSA) is 30.5 Å². The van der Waals surface area contributed by atoms with Crippen molar-refractivity contribution in [2.24, 2.45) is 0 Å². The van der Waals surface area contributed by atoms with Crippen LogP contribution in [0, 0.1) is 0 Å². The number of nitrogens with one attached hydrogen (secondary N) is 1. The average molecular weight is 285 g/mol. The molecule has 0 aliphatic rings. The van der Waals surface area contributed by atoms with Crippen LogP contribution in [0.1, 0.15) is 18.1 Å². The molecule has 0 saturated heterocycles. The number of rotatable bonds is 8. The van der Waals surface area contributed by atoms with E-state index >= 15 is 0 Å². The molecule has 0 aromatic heterocycles. The van der Waals surface area contributed by atoms with Crippen LogP contribution < -0.4 is 10.1 Å². The van der Waals surface area contributed by atoms with Crippen molar-refractivity contribution >= 4 is 5.69 Å². The van der Waals surface area contributed by atoms with Crippen LogP contribution >= 0.6 is 0 Å². The van der Waals surface area contributed by atoms with Crippen LogP contribution in [0.3, 0.4) is 0 Å². The van der Waals surface area contributed by atoms with Crippen molar-refractivity contribution in [3.05, 3.63) is 59.7 Å². The molecule has 21 heavy (non-hydrogen) atoms. The molecule has 3 nitrogen and oxygen atoms in total. The van der Waals surface area contributed by atoms with Crippen molar-refractivity contribution in [1.82, 2.24) is 0 Å². The van der Waals surface area contributed by atoms with Crippen molar-refractivity contribution in [1.29, 1.82) is 0 Å². The zero-order chi connectivity index (χ0) is 14.9. The summed E-state index contributed by atoms with van der Waals surface area (Å²) in [6, 6.07) is 16.7. The van der Waals surface area contributed by atoms with E-state index in [4.69, 9.17) is 9.47 Å². The highest BCUT2D eigenvalue weighted by Gasteiger charge is 1.97. The minimum absolute atomic E-state index is 0.576. The molecule has 2 rings (SSSR count). The highest BCUT2D eigenvalue weighted by Crippen LogP contribution is 2.16. The van der Waals surface area contributed by atoms with E-state index in [1.165, 1.54) is 11.1 Å². The molecule has 0 aliphatic carbocycles. The van der Waals surface area contributed by atoms with Gasteiger partial charge < -0.3 is 14.8 Å². The second-order valence-corrected chi connectivity index (χ2v) is 4.89. The predicted molar refractivity (Wildman–Crippen MR) is 87.0 cm³/mol. The van der Waals surface area contributed by atoms with E-state index in [0.29, 0.717) is 13.2 Å². The largest absolute Gasteiger partial charge is 0.491 e. The Labute approximate surface area is 126 Å². The molecular formula is C18H23NO2. The third-order valence-corrected chi connectivity index (χ3v) is 3.34. The molecule has 0 radical (unpaired) electrons. The third kappa shape index (κ3) is 5.12. The van der Waals surface area contributed by atoms with Gasteiger partial charge in [0.2, 0.25) is 0 Å². The standard InChI is InChI=1S/C18H23NO2/c1-3-15-4-6-16(7-5-15)14-19-17-8-10-18(11-9-17)21-13-12-20-2/h4-11,19H,3,12-14H2,1-2H3. The Bertz CT molecular complexity index is 520. The van der Waals surface area contributed by atoms with Crippen LogP contribution in [0.4, 0.5) is 5.69 Å². The van der Waals surface area contributed by atoms with Crippen molar-refractivity contribution in [2.75, 3.05) is 25.6 Å². The maximum atomic E-state index is 5.54. The van der Waals surface area contributed by atoms with Crippen molar-refractivity contribution in [2.45, 2.75) is 19.9 Å². The van der Waals surface area contributed by atoms with Gasteiger partial charge in [-0.25, -0.2) is 0 Å². The fourth-order valence-corrected chi connectivity index (χ4v) is 2.01. The SMILES string of the molecule is CCc1ccc(CNc2ccc(OCCOC)cc2)cc1. The van der Waals surface area contributed by atoms with Gasteiger partial charge in [0, 0.05) is 19.3 Å². The Balaban J connectivity index is 1.82. The number of benzene rings is 2. The first-order valence-corrected chi connectivity index (χ1v) is 7.35. The molecule has 0 heterocycles. The Kier molecular flexibility index (Phi) is 6.10. The molecule has 112 valence electrons. The fourth-order valence-electron chi connectivity index (χ4n) is 2.01. The summed E-state index contributed by atoms with van der Waals surface area (Å²) in [5.41, 5.74) is 3.75. The number of hydrogen-bond acceptors (Lipinski definition) is 3. The second-order valence-electron chi connectivity index (χ2n) is 4.89. The molecule has 2 aromatic carbocycles. The monoisotopic (exact) mass is 285 g/mol. The molecular weight excluding hydrogens is 262 g/mol. The van der Waals surface area contributed by atoms with Gasteiger partial charge in [-0.2, -0.15) is 0 Å². The molecule has 0 bridgehead atoms. The number of methoxy groups -OCH3 is 1. The smallest absolute Gasteiger partial charge is 0.119 e. The van der Waals surface area contributed by atoms with Crippen LogP contribution in [-0.2, 0) is 17.7 Å². The van der Waals surface area contributed by atoms with Gasteiger partial charge in [0.1, 0.15) is 12.4 Å². The van der Waals surface area contributed by atoms with Gasteiger partial charge in [0.15, 0.2) is 0 Å². The first-order valence-electron chi connectivity index (χ1n) is 7.35. The number of ether oxygens (including phenoxy) is 2.